The molecule has 0 spiro atoms. The molecule has 7 nitrogen and oxygen atoms in total. The summed E-state index contributed by atoms with van der Waals surface area (Å²) in [6.45, 7) is 1.67. The Morgan fingerprint density at radius 2 is 1.74 bits per heavy atom. The Morgan fingerprint density at radius 3 is 2.55 bits per heavy atom. The topological polar surface area (TPSA) is 69.3 Å². The molecule has 1 N–H and O–H groups in total. The highest BCUT2D eigenvalue weighted by Crippen LogP contribution is 2.47. The molecule has 3 aromatic carbocycles. The number of ether oxygens (including phenoxy) is 4. The van der Waals surface area contributed by atoms with Crippen LogP contribution < -0.4 is 19.5 Å². The maximum Gasteiger partial charge on any atom is 0.240 e. The third-order valence-corrected chi connectivity index (χ3v) is 8.54. The minimum atomic E-state index is -0.280. The molecule has 0 radical (unpaired) electrons. The number of hydrogen-bond acceptors (Lipinski definition) is 6. The van der Waals surface area contributed by atoms with Gasteiger partial charge in [-0.1, -0.05) is 30.3 Å². The minimum Gasteiger partial charge on any atom is -0.493 e. The lowest BCUT2D eigenvalue weighted by molar-refractivity contribution is -0.148. The van der Waals surface area contributed by atoms with E-state index in [1.165, 1.54) is 22.3 Å². The third kappa shape index (κ3) is 3.76. The summed E-state index contributed by atoms with van der Waals surface area (Å²) in [6, 6.07) is 18.3. The van der Waals surface area contributed by atoms with Crippen molar-refractivity contribution in [2.24, 2.45) is 0 Å². The number of methoxy groups -OCH3 is 2. The summed E-state index contributed by atoms with van der Waals surface area (Å²) < 4.78 is 23.5. The van der Waals surface area contributed by atoms with E-state index in [9.17, 15) is 4.79 Å². The number of fused-ring (bicyclic) bond motifs is 8. The maximum atomic E-state index is 14.1. The second kappa shape index (κ2) is 9.33. The van der Waals surface area contributed by atoms with Crippen molar-refractivity contribution in [3.63, 3.8) is 0 Å². The summed E-state index contributed by atoms with van der Waals surface area (Å²) in [6.07, 6.45) is 2.28. The van der Waals surface area contributed by atoms with Crippen molar-refractivity contribution in [1.29, 1.82) is 0 Å². The first-order valence-corrected chi connectivity index (χ1v) is 13.4. The molecule has 3 aromatic rings. The first-order chi connectivity index (χ1) is 18.6. The zero-order chi connectivity index (χ0) is 25.8. The molecule has 1 fully saturated rings. The molecule has 0 aromatic heterocycles. The maximum absolute atomic E-state index is 14.1. The molecule has 2 unspecified atom stereocenters. The molecule has 4 aliphatic rings. The fourth-order valence-corrected chi connectivity index (χ4v) is 6.75. The Labute approximate surface area is 222 Å². The van der Waals surface area contributed by atoms with Crippen molar-refractivity contribution < 1.29 is 23.7 Å². The Bertz CT molecular complexity index is 1390. The van der Waals surface area contributed by atoms with Gasteiger partial charge in [-0.15, -0.1) is 0 Å². The van der Waals surface area contributed by atoms with Gasteiger partial charge < -0.3 is 23.8 Å². The second-order valence-electron chi connectivity index (χ2n) is 10.6. The SMILES string of the molecule is COc1cc2c(cc1OC)[C@H]1N[C@@H](C2)C(=O)N2C(COCc3ccccc3)c3cc4c(cc3CC12)OCC4. The lowest BCUT2D eigenvalue weighted by Crippen LogP contribution is -2.66. The molecule has 2 bridgehead atoms. The lowest BCUT2D eigenvalue weighted by Gasteiger charge is -2.54. The minimum absolute atomic E-state index is 0.0137. The monoisotopic (exact) mass is 512 g/mol. The van der Waals surface area contributed by atoms with E-state index in [1.54, 1.807) is 14.2 Å². The highest BCUT2D eigenvalue weighted by Gasteiger charge is 2.51. The predicted molar refractivity (Wildman–Crippen MR) is 142 cm³/mol. The number of rotatable bonds is 6. The Morgan fingerprint density at radius 1 is 0.947 bits per heavy atom. The second-order valence-corrected chi connectivity index (χ2v) is 10.6. The van der Waals surface area contributed by atoms with Crippen LogP contribution in [-0.2, 0) is 35.4 Å². The van der Waals surface area contributed by atoms with Gasteiger partial charge >= 0.3 is 0 Å². The molecule has 7 heteroatoms. The van der Waals surface area contributed by atoms with Crippen molar-refractivity contribution >= 4 is 5.91 Å². The van der Waals surface area contributed by atoms with E-state index in [0.717, 1.165) is 29.7 Å². The Balaban J connectivity index is 1.28. The van der Waals surface area contributed by atoms with Gasteiger partial charge in [-0.2, -0.15) is 0 Å². The summed E-state index contributed by atoms with van der Waals surface area (Å²) in [4.78, 5) is 16.2. The van der Waals surface area contributed by atoms with Gasteiger partial charge in [0.05, 0.1) is 58.2 Å². The van der Waals surface area contributed by atoms with Crippen molar-refractivity contribution in [3.05, 3.63) is 88.0 Å². The highest BCUT2D eigenvalue weighted by molar-refractivity contribution is 5.85. The van der Waals surface area contributed by atoms with E-state index >= 15 is 0 Å². The van der Waals surface area contributed by atoms with Crippen LogP contribution in [-0.4, -0.2) is 50.3 Å². The highest BCUT2D eigenvalue weighted by atomic mass is 16.5. The molecule has 1 amide bonds. The van der Waals surface area contributed by atoms with Crippen LogP contribution in [0.25, 0.3) is 0 Å². The Kier molecular flexibility index (Phi) is 5.78. The first kappa shape index (κ1) is 23.6. The van der Waals surface area contributed by atoms with Gasteiger partial charge in [-0.05, 0) is 70.5 Å². The number of nitrogens with one attached hydrogen (secondary N) is 1. The molecule has 4 heterocycles. The number of benzene rings is 3. The molecule has 38 heavy (non-hydrogen) atoms. The van der Waals surface area contributed by atoms with Gasteiger partial charge in [0.15, 0.2) is 11.5 Å². The van der Waals surface area contributed by atoms with Crippen molar-refractivity contribution in [2.75, 3.05) is 27.4 Å². The fourth-order valence-electron chi connectivity index (χ4n) is 6.75. The lowest BCUT2D eigenvalue weighted by atomic mass is 9.75. The zero-order valence-electron chi connectivity index (χ0n) is 21.7. The van der Waals surface area contributed by atoms with Gasteiger partial charge in [-0.25, -0.2) is 0 Å². The van der Waals surface area contributed by atoms with E-state index < -0.39 is 0 Å². The third-order valence-electron chi connectivity index (χ3n) is 8.54. The molecular weight excluding hydrogens is 480 g/mol. The van der Waals surface area contributed by atoms with Gasteiger partial charge in [0.25, 0.3) is 0 Å². The largest absolute Gasteiger partial charge is 0.493 e. The van der Waals surface area contributed by atoms with Crippen molar-refractivity contribution in [1.82, 2.24) is 10.2 Å². The van der Waals surface area contributed by atoms with Gasteiger partial charge in [-0.3, -0.25) is 10.1 Å². The zero-order valence-corrected chi connectivity index (χ0v) is 21.7. The summed E-state index contributed by atoms with van der Waals surface area (Å²) >= 11 is 0. The molecule has 196 valence electrons. The smallest absolute Gasteiger partial charge is 0.240 e. The first-order valence-electron chi connectivity index (χ1n) is 13.4. The molecule has 4 atom stereocenters. The number of piperazine rings is 1. The van der Waals surface area contributed by atoms with Crippen LogP contribution in [0.3, 0.4) is 0 Å². The van der Waals surface area contributed by atoms with Crippen molar-refractivity contribution in [3.8, 4) is 17.2 Å². The van der Waals surface area contributed by atoms with Crippen LogP contribution in [0.1, 0.15) is 45.5 Å². The number of nitrogens with zero attached hydrogens (tertiary/aromatic N) is 1. The van der Waals surface area contributed by atoms with Crippen LogP contribution in [0.2, 0.25) is 0 Å². The fraction of sp³-hybridized carbons (Fsp3) is 0.387. The van der Waals surface area contributed by atoms with Crippen molar-refractivity contribution in [2.45, 2.75) is 50.0 Å². The normalized spacial score (nSPS) is 24.6. The van der Waals surface area contributed by atoms with Gasteiger partial charge in [0, 0.05) is 6.42 Å². The van der Waals surface area contributed by atoms with E-state index in [4.69, 9.17) is 18.9 Å². The average Bonchev–Trinajstić information content (AvgIpc) is 3.41. The molecule has 4 aliphatic heterocycles. The molecule has 7 rings (SSSR count). The van der Waals surface area contributed by atoms with Gasteiger partial charge in [0.2, 0.25) is 5.91 Å². The summed E-state index contributed by atoms with van der Waals surface area (Å²) in [5.74, 6) is 2.52. The van der Waals surface area contributed by atoms with Crippen LogP contribution in [0, 0.1) is 0 Å². The standard InChI is InChI=1S/C31H32N2O5/c1-35-28-14-20-11-24-31(34)33-25(30(32-24)23(20)15-29(28)36-2)12-21-13-27-19(8-9-38-27)10-22(21)26(33)17-37-16-18-6-4-3-5-7-18/h3-7,10,13-15,24-26,30,32H,8-9,11-12,16-17H2,1-2H3/t24-,25?,26?,30+/m0/s1. The van der Waals surface area contributed by atoms with E-state index in [2.05, 4.69) is 40.5 Å². The molecule has 0 saturated carbocycles. The quantitative estimate of drug-likeness (QED) is 0.540. The predicted octanol–water partition coefficient (Wildman–Crippen LogP) is 3.92. The number of amides is 1. The summed E-state index contributed by atoms with van der Waals surface area (Å²) in [7, 11) is 3.31. The van der Waals surface area contributed by atoms with E-state index in [1.807, 2.05) is 24.3 Å². The number of hydrogen-bond donors (Lipinski definition) is 1. The molecule has 1 saturated heterocycles. The summed E-state index contributed by atoms with van der Waals surface area (Å²) in [5, 5.41) is 3.67. The van der Waals surface area contributed by atoms with Crippen LogP contribution in [0.4, 0.5) is 0 Å². The van der Waals surface area contributed by atoms with Crippen LogP contribution in [0.15, 0.2) is 54.6 Å². The average molecular weight is 513 g/mol. The van der Waals surface area contributed by atoms with Crippen LogP contribution in [0.5, 0.6) is 17.2 Å². The number of carbonyl (C=O) groups is 1. The molecular formula is C31H32N2O5. The number of carbonyl (C=O) groups excluding carboxylic acids is 1. The Hall–Kier alpha value is -3.55. The summed E-state index contributed by atoms with van der Waals surface area (Å²) in [5.41, 5.74) is 7.09. The van der Waals surface area contributed by atoms with Crippen LogP contribution >= 0.6 is 0 Å². The van der Waals surface area contributed by atoms with E-state index in [0.29, 0.717) is 37.7 Å². The molecule has 0 aliphatic carbocycles. The van der Waals surface area contributed by atoms with E-state index in [-0.39, 0.29) is 30.1 Å². The van der Waals surface area contributed by atoms with Gasteiger partial charge in [0.1, 0.15) is 5.75 Å².